The molecule has 1 saturated heterocycles. The summed E-state index contributed by atoms with van der Waals surface area (Å²) >= 11 is 0. The van der Waals surface area contributed by atoms with Gasteiger partial charge < -0.3 is 15.5 Å². The van der Waals surface area contributed by atoms with E-state index < -0.39 is 0 Å². The third-order valence-electron chi connectivity index (χ3n) is 1.38. The number of rotatable bonds is 1. The molecule has 1 rings (SSSR count). The van der Waals surface area contributed by atoms with Gasteiger partial charge in [-0.1, -0.05) is 0 Å². The first kappa shape index (κ1) is 8.88. The fraction of sp³-hybridized carbons (Fsp3) is 1.00. The van der Waals surface area contributed by atoms with Crippen molar-refractivity contribution in [1.82, 2.24) is 5.32 Å². The Labute approximate surface area is 55.7 Å². The van der Waals surface area contributed by atoms with Crippen LogP contribution in [0.4, 0.5) is 0 Å². The fourth-order valence-corrected chi connectivity index (χ4v) is 0.913. The van der Waals surface area contributed by atoms with Gasteiger partial charge in [0.1, 0.15) is 0 Å². The van der Waals surface area contributed by atoms with Crippen molar-refractivity contribution >= 4 is 0 Å². The quantitative estimate of drug-likeness (QED) is 0.445. The van der Waals surface area contributed by atoms with Gasteiger partial charge in [-0.15, -0.1) is 0 Å². The Balaban J connectivity index is 0.000000291. The van der Waals surface area contributed by atoms with Crippen molar-refractivity contribution in [3.63, 3.8) is 0 Å². The number of hydrogen-bond donors (Lipinski definition) is 3. The predicted octanol–water partition coefficient (Wildman–Crippen LogP) is -0.661. The van der Waals surface area contributed by atoms with E-state index in [1.165, 1.54) is 6.42 Å². The van der Waals surface area contributed by atoms with Crippen molar-refractivity contribution < 1.29 is 10.2 Å². The largest absolute Gasteiger partial charge is 0.400 e. The van der Waals surface area contributed by atoms with Crippen LogP contribution in [0, 0.1) is 0 Å². The summed E-state index contributed by atoms with van der Waals surface area (Å²) in [4.78, 5) is 0. The summed E-state index contributed by atoms with van der Waals surface area (Å²) in [6.45, 7) is 1.39. The molecule has 1 aliphatic rings. The second-order valence-corrected chi connectivity index (χ2v) is 1.98. The van der Waals surface area contributed by atoms with Gasteiger partial charge in [-0.25, -0.2) is 0 Å². The van der Waals surface area contributed by atoms with E-state index in [0.717, 1.165) is 20.1 Å². The lowest BCUT2D eigenvalue weighted by Gasteiger charge is -2.01. The van der Waals surface area contributed by atoms with Crippen LogP contribution in [0.5, 0.6) is 0 Å². The summed E-state index contributed by atoms with van der Waals surface area (Å²) < 4.78 is 0. The Morgan fingerprint density at radius 3 is 2.44 bits per heavy atom. The Hall–Kier alpha value is -0.120. The van der Waals surface area contributed by atoms with Crippen molar-refractivity contribution in [1.29, 1.82) is 0 Å². The van der Waals surface area contributed by atoms with Gasteiger partial charge in [0.15, 0.2) is 0 Å². The maximum atomic E-state index is 8.50. The van der Waals surface area contributed by atoms with Crippen LogP contribution in [0.2, 0.25) is 0 Å². The van der Waals surface area contributed by atoms with Crippen LogP contribution in [0.15, 0.2) is 0 Å². The lowest BCUT2D eigenvalue weighted by Crippen LogP contribution is -2.24. The van der Waals surface area contributed by atoms with Gasteiger partial charge in [0.25, 0.3) is 0 Å². The first-order valence-electron chi connectivity index (χ1n) is 3.22. The lowest BCUT2D eigenvalue weighted by molar-refractivity contribution is 0.255. The monoisotopic (exact) mass is 133 g/mol. The first-order valence-corrected chi connectivity index (χ1v) is 3.22. The number of hydrogen-bond acceptors (Lipinski definition) is 3. The highest BCUT2D eigenvalue weighted by atomic mass is 16.3. The third-order valence-corrected chi connectivity index (χ3v) is 1.38. The molecular weight excluding hydrogens is 118 g/mol. The molecule has 0 radical (unpaired) electrons. The zero-order chi connectivity index (χ0) is 7.11. The molecule has 3 nitrogen and oxygen atoms in total. The number of nitrogens with one attached hydrogen (secondary N) is 1. The number of aliphatic hydroxyl groups excluding tert-OH is 2. The third kappa shape index (κ3) is 3.46. The molecule has 0 aromatic heterocycles. The van der Waals surface area contributed by atoms with Crippen molar-refractivity contribution in [2.75, 3.05) is 20.3 Å². The van der Waals surface area contributed by atoms with Crippen molar-refractivity contribution in [2.24, 2.45) is 0 Å². The van der Waals surface area contributed by atoms with Crippen molar-refractivity contribution in [2.45, 2.75) is 18.9 Å². The van der Waals surface area contributed by atoms with E-state index in [-0.39, 0.29) is 0 Å². The van der Waals surface area contributed by atoms with E-state index in [0.29, 0.717) is 12.6 Å². The van der Waals surface area contributed by atoms with E-state index in [1.54, 1.807) is 0 Å². The van der Waals surface area contributed by atoms with Gasteiger partial charge in [0.2, 0.25) is 0 Å². The molecule has 3 N–H and O–H groups in total. The highest BCUT2D eigenvalue weighted by Gasteiger charge is 2.10. The molecule has 9 heavy (non-hydrogen) atoms. The van der Waals surface area contributed by atoms with Gasteiger partial charge in [-0.2, -0.15) is 0 Å². The number of aliphatic hydroxyl groups is 2. The Kier molecular flexibility index (Phi) is 5.93. The Morgan fingerprint density at radius 1 is 1.56 bits per heavy atom. The van der Waals surface area contributed by atoms with Crippen LogP contribution >= 0.6 is 0 Å². The maximum Gasteiger partial charge on any atom is 0.0584 e. The molecule has 0 aromatic rings. The van der Waals surface area contributed by atoms with Gasteiger partial charge >= 0.3 is 0 Å². The van der Waals surface area contributed by atoms with E-state index in [4.69, 9.17) is 10.2 Å². The summed E-state index contributed by atoms with van der Waals surface area (Å²) in [5.74, 6) is 0. The smallest absolute Gasteiger partial charge is 0.0584 e. The molecule has 1 fully saturated rings. The molecule has 0 bridgehead atoms. The second-order valence-electron chi connectivity index (χ2n) is 1.98. The van der Waals surface area contributed by atoms with E-state index in [2.05, 4.69) is 5.32 Å². The van der Waals surface area contributed by atoms with E-state index in [9.17, 15) is 0 Å². The van der Waals surface area contributed by atoms with E-state index in [1.807, 2.05) is 0 Å². The lowest BCUT2D eigenvalue weighted by atomic mass is 10.2. The van der Waals surface area contributed by atoms with Crippen LogP contribution in [-0.2, 0) is 0 Å². The first-order chi connectivity index (χ1) is 4.43. The summed E-state index contributed by atoms with van der Waals surface area (Å²) in [7, 11) is 1.00. The molecule has 0 aromatic carbocycles. The van der Waals surface area contributed by atoms with Crippen molar-refractivity contribution in [3.8, 4) is 0 Å². The summed E-state index contributed by atoms with van der Waals surface area (Å²) in [6, 6.07) is 0.403. The summed E-state index contributed by atoms with van der Waals surface area (Å²) in [5.41, 5.74) is 0. The molecular formula is C6H15NO2. The summed E-state index contributed by atoms with van der Waals surface area (Å²) in [5, 5.41) is 18.7. The van der Waals surface area contributed by atoms with Gasteiger partial charge in [0, 0.05) is 13.2 Å². The second kappa shape index (κ2) is 6.01. The molecule has 1 aliphatic heterocycles. The molecule has 56 valence electrons. The fourth-order valence-electron chi connectivity index (χ4n) is 0.913. The molecule has 0 aliphatic carbocycles. The topological polar surface area (TPSA) is 52.5 Å². The summed E-state index contributed by atoms with van der Waals surface area (Å²) in [6.07, 6.45) is 2.38. The minimum atomic E-state index is 0.306. The zero-order valence-corrected chi connectivity index (χ0v) is 5.80. The van der Waals surface area contributed by atoms with Crippen LogP contribution in [0.1, 0.15) is 12.8 Å². The van der Waals surface area contributed by atoms with Crippen LogP contribution < -0.4 is 5.32 Å². The molecule has 1 heterocycles. The standard InChI is InChI=1S/C5H11NO.CH4O/c7-4-5-2-1-3-6-5;1-2/h5-7H,1-4H2;2H,1H3. The molecule has 1 atom stereocenters. The Morgan fingerprint density at radius 2 is 2.22 bits per heavy atom. The molecule has 0 amide bonds. The SMILES string of the molecule is CO.OCC1CCCN1. The normalized spacial score (nSPS) is 25.0. The average Bonchev–Trinajstić information content (AvgIpc) is 2.43. The van der Waals surface area contributed by atoms with Crippen LogP contribution in [0.25, 0.3) is 0 Å². The molecule has 0 saturated carbocycles. The van der Waals surface area contributed by atoms with Crippen molar-refractivity contribution in [3.05, 3.63) is 0 Å². The maximum absolute atomic E-state index is 8.50. The highest BCUT2D eigenvalue weighted by Crippen LogP contribution is 2.02. The minimum Gasteiger partial charge on any atom is -0.400 e. The molecule has 0 spiro atoms. The van der Waals surface area contributed by atoms with Gasteiger partial charge in [0.05, 0.1) is 6.61 Å². The highest BCUT2D eigenvalue weighted by molar-refractivity contribution is 4.71. The molecule has 1 unspecified atom stereocenters. The minimum absolute atomic E-state index is 0.306. The van der Waals surface area contributed by atoms with Gasteiger partial charge in [-0.3, -0.25) is 0 Å². The zero-order valence-electron chi connectivity index (χ0n) is 5.80. The predicted molar refractivity (Wildman–Crippen MR) is 36.3 cm³/mol. The van der Waals surface area contributed by atoms with E-state index >= 15 is 0 Å². The van der Waals surface area contributed by atoms with Crippen LogP contribution in [-0.4, -0.2) is 36.5 Å². The Bertz CT molecular complexity index is 53.0. The molecule has 3 heteroatoms. The van der Waals surface area contributed by atoms with Gasteiger partial charge in [-0.05, 0) is 19.4 Å². The average molecular weight is 133 g/mol. The van der Waals surface area contributed by atoms with Crippen LogP contribution in [0.3, 0.4) is 0 Å².